The van der Waals surface area contributed by atoms with Crippen LogP contribution in [0.2, 0.25) is 0 Å². The first kappa shape index (κ1) is 16.3. The van der Waals surface area contributed by atoms with E-state index in [4.69, 9.17) is 0 Å². The molecule has 0 saturated carbocycles. The highest BCUT2D eigenvalue weighted by atomic mass is 32.2. The highest BCUT2D eigenvalue weighted by Crippen LogP contribution is 2.28. The first-order chi connectivity index (χ1) is 7.54. The van der Waals surface area contributed by atoms with E-state index in [0.717, 1.165) is 12.5 Å². The van der Waals surface area contributed by atoms with E-state index in [2.05, 4.69) is 51.7 Å². The average Bonchev–Trinajstić information content (AvgIpc) is 2.18. The average molecular weight is 245 g/mol. The van der Waals surface area contributed by atoms with Crippen molar-refractivity contribution in [1.82, 2.24) is 5.32 Å². The van der Waals surface area contributed by atoms with Crippen LogP contribution in [0.15, 0.2) is 0 Å². The molecule has 0 spiro atoms. The zero-order valence-electron chi connectivity index (χ0n) is 11.9. The molecule has 0 aromatic rings. The van der Waals surface area contributed by atoms with Crippen LogP contribution < -0.4 is 5.32 Å². The molecule has 1 N–H and O–H groups in total. The third kappa shape index (κ3) is 8.46. The number of nitrogens with one attached hydrogen (secondary N) is 1. The van der Waals surface area contributed by atoms with Crippen molar-refractivity contribution in [3.63, 3.8) is 0 Å². The number of hydrogen-bond acceptors (Lipinski definition) is 2. The maximum atomic E-state index is 3.63. The zero-order valence-corrected chi connectivity index (χ0v) is 12.8. The summed E-state index contributed by atoms with van der Waals surface area (Å²) in [6.45, 7) is 13.9. The lowest BCUT2D eigenvalue weighted by Gasteiger charge is -2.30. The predicted octanol–water partition coefficient (Wildman–Crippen LogP) is 4.18. The van der Waals surface area contributed by atoms with Gasteiger partial charge in [0, 0.05) is 6.54 Å². The fourth-order valence-electron chi connectivity index (χ4n) is 2.03. The van der Waals surface area contributed by atoms with Crippen LogP contribution in [0, 0.1) is 11.3 Å². The number of rotatable bonds is 10. The molecule has 0 aliphatic carbocycles. The van der Waals surface area contributed by atoms with E-state index in [0.29, 0.717) is 5.41 Å². The standard InChI is InChI=1S/C14H31NS/c1-6-8-14(5,9-10-16-7-2)12-15-11-13(3)4/h13,15H,6-12H2,1-5H3. The van der Waals surface area contributed by atoms with E-state index in [-0.39, 0.29) is 0 Å². The summed E-state index contributed by atoms with van der Waals surface area (Å²) < 4.78 is 0. The highest BCUT2D eigenvalue weighted by Gasteiger charge is 2.22. The summed E-state index contributed by atoms with van der Waals surface area (Å²) in [6, 6.07) is 0. The van der Waals surface area contributed by atoms with Crippen molar-refractivity contribution >= 4 is 11.8 Å². The maximum Gasteiger partial charge on any atom is 0.000557 e. The van der Waals surface area contributed by atoms with E-state index in [9.17, 15) is 0 Å². The Kier molecular flexibility index (Phi) is 9.53. The molecule has 0 rings (SSSR count). The minimum absolute atomic E-state index is 0.506. The molecule has 0 bridgehead atoms. The minimum Gasteiger partial charge on any atom is -0.316 e. The third-order valence-corrected chi connectivity index (χ3v) is 3.91. The zero-order chi connectivity index (χ0) is 12.4. The molecule has 16 heavy (non-hydrogen) atoms. The summed E-state index contributed by atoms with van der Waals surface area (Å²) in [4.78, 5) is 0. The summed E-state index contributed by atoms with van der Waals surface area (Å²) in [7, 11) is 0. The van der Waals surface area contributed by atoms with Crippen LogP contribution in [0.5, 0.6) is 0 Å². The van der Waals surface area contributed by atoms with Gasteiger partial charge < -0.3 is 5.32 Å². The van der Waals surface area contributed by atoms with Gasteiger partial charge in [0.1, 0.15) is 0 Å². The lowest BCUT2D eigenvalue weighted by Crippen LogP contribution is -2.34. The molecule has 0 amide bonds. The monoisotopic (exact) mass is 245 g/mol. The Balaban J connectivity index is 3.90. The van der Waals surface area contributed by atoms with Crippen LogP contribution in [0.25, 0.3) is 0 Å². The lowest BCUT2D eigenvalue weighted by molar-refractivity contribution is 0.265. The SMILES string of the molecule is CCCC(C)(CCSCC)CNCC(C)C. The Morgan fingerprint density at radius 3 is 2.38 bits per heavy atom. The summed E-state index contributed by atoms with van der Waals surface area (Å²) in [5.74, 6) is 3.33. The molecule has 0 aliphatic heterocycles. The largest absolute Gasteiger partial charge is 0.316 e. The second kappa shape index (κ2) is 9.35. The van der Waals surface area contributed by atoms with Crippen molar-refractivity contribution in [3.05, 3.63) is 0 Å². The van der Waals surface area contributed by atoms with Gasteiger partial charge in [0.25, 0.3) is 0 Å². The van der Waals surface area contributed by atoms with Gasteiger partial charge in [0.2, 0.25) is 0 Å². The van der Waals surface area contributed by atoms with Crippen LogP contribution in [0.4, 0.5) is 0 Å². The van der Waals surface area contributed by atoms with Gasteiger partial charge in [-0.3, -0.25) is 0 Å². The molecule has 0 fully saturated rings. The Bertz CT molecular complexity index is 159. The van der Waals surface area contributed by atoms with E-state index in [1.807, 2.05) is 0 Å². The van der Waals surface area contributed by atoms with Gasteiger partial charge in [-0.2, -0.15) is 11.8 Å². The van der Waals surface area contributed by atoms with Gasteiger partial charge in [-0.25, -0.2) is 0 Å². The molecule has 0 saturated heterocycles. The smallest absolute Gasteiger partial charge is 0.000557 e. The van der Waals surface area contributed by atoms with Gasteiger partial charge >= 0.3 is 0 Å². The molecule has 0 radical (unpaired) electrons. The van der Waals surface area contributed by atoms with Crippen LogP contribution in [0.1, 0.15) is 53.9 Å². The van der Waals surface area contributed by atoms with E-state index < -0.39 is 0 Å². The first-order valence-electron chi connectivity index (χ1n) is 6.82. The Hall–Kier alpha value is 0.310. The molecular formula is C14H31NS. The van der Waals surface area contributed by atoms with Crippen molar-refractivity contribution < 1.29 is 0 Å². The molecule has 2 heteroatoms. The van der Waals surface area contributed by atoms with Gasteiger partial charge in [-0.15, -0.1) is 0 Å². The second-order valence-corrected chi connectivity index (χ2v) is 6.93. The third-order valence-electron chi connectivity index (χ3n) is 3.01. The highest BCUT2D eigenvalue weighted by molar-refractivity contribution is 7.99. The summed E-state index contributed by atoms with van der Waals surface area (Å²) in [5, 5.41) is 3.63. The van der Waals surface area contributed by atoms with Crippen molar-refractivity contribution in [1.29, 1.82) is 0 Å². The molecule has 0 aliphatic rings. The lowest BCUT2D eigenvalue weighted by atomic mass is 9.83. The van der Waals surface area contributed by atoms with Crippen molar-refractivity contribution in [2.24, 2.45) is 11.3 Å². The Labute approximate surface area is 107 Å². The molecule has 1 unspecified atom stereocenters. The Morgan fingerprint density at radius 2 is 1.88 bits per heavy atom. The van der Waals surface area contributed by atoms with Crippen molar-refractivity contribution in [3.8, 4) is 0 Å². The molecule has 0 aromatic carbocycles. The minimum atomic E-state index is 0.506. The van der Waals surface area contributed by atoms with Crippen LogP contribution in [-0.2, 0) is 0 Å². The van der Waals surface area contributed by atoms with Gasteiger partial charge in [0.15, 0.2) is 0 Å². The summed E-state index contributed by atoms with van der Waals surface area (Å²) >= 11 is 2.07. The first-order valence-corrected chi connectivity index (χ1v) is 7.98. The van der Waals surface area contributed by atoms with E-state index in [1.54, 1.807) is 0 Å². The maximum absolute atomic E-state index is 3.63. The Morgan fingerprint density at radius 1 is 1.19 bits per heavy atom. The molecule has 0 aromatic heterocycles. The van der Waals surface area contributed by atoms with Crippen molar-refractivity contribution in [2.75, 3.05) is 24.6 Å². The summed E-state index contributed by atoms with van der Waals surface area (Å²) in [5.41, 5.74) is 0.506. The fourth-order valence-corrected chi connectivity index (χ4v) is 2.96. The molecule has 0 heterocycles. The van der Waals surface area contributed by atoms with E-state index in [1.165, 1.54) is 37.3 Å². The fraction of sp³-hybridized carbons (Fsp3) is 1.00. The molecule has 1 atom stereocenters. The van der Waals surface area contributed by atoms with Gasteiger partial charge in [0.05, 0.1) is 0 Å². The van der Waals surface area contributed by atoms with Crippen LogP contribution in [-0.4, -0.2) is 24.6 Å². The molecular weight excluding hydrogens is 214 g/mol. The predicted molar refractivity (Wildman–Crippen MR) is 78.3 cm³/mol. The number of hydrogen-bond donors (Lipinski definition) is 1. The number of thioether (sulfide) groups is 1. The second-order valence-electron chi connectivity index (χ2n) is 5.53. The molecule has 1 nitrogen and oxygen atoms in total. The summed E-state index contributed by atoms with van der Waals surface area (Å²) in [6.07, 6.45) is 4.00. The van der Waals surface area contributed by atoms with E-state index >= 15 is 0 Å². The van der Waals surface area contributed by atoms with Crippen LogP contribution in [0.3, 0.4) is 0 Å². The normalized spacial score (nSPS) is 15.4. The topological polar surface area (TPSA) is 12.0 Å². The molecule has 98 valence electrons. The van der Waals surface area contributed by atoms with Gasteiger partial charge in [-0.1, -0.05) is 41.0 Å². The van der Waals surface area contributed by atoms with Crippen LogP contribution >= 0.6 is 11.8 Å². The quantitative estimate of drug-likeness (QED) is 0.579. The van der Waals surface area contributed by atoms with Crippen molar-refractivity contribution in [2.45, 2.75) is 53.9 Å². The van der Waals surface area contributed by atoms with Gasteiger partial charge in [-0.05, 0) is 42.2 Å².